The largest absolute Gasteiger partial charge is 0.454 e. The van der Waals surface area contributed by atoms with Gasteiger partial charge in [-0.3, -0.25) is 4.79 Å². The summed E-state index contributed by atoms with van der Waals surface area (Å²) in [4.78, 5) is 22.3. The average Bonchev–Trinajstić information content (AvgIpc) is 3.26. The quantitative estimate of drug-likeness (QED) is 0.829. The summed E-state index contributed by atoms with van der Waals surface area (Å²) in [7, 11) is -1.47. The Bertz CT molecular complexity index is 995. The van der Waals surface area contributed by atoms with Crippen LogP contribution in [0.3, 0.4) is 0 Å². The predicted molar refractivity (Wildman–Crippen MR) is 97.0 cm³/mol. The monoisotopic (exact) mass is 390 g/mol. The van der Waals surface area contributed by atoms with Crippen LogP contribution in [0.4, 0.5) is 11.5 Å². The Labute approximate surface area is 156 Å². The van der Waals surface area contributed by atoms with E-state index in [-0.39, 0.29) is 35.9 Å². The number of fused-ring (bicyclic) bond motifs is 1. The van der Waals surface area contributed by atoms with Gasteiger partial charge in [0.2, 0.25) is 6.79 Å². The molecule has 2 aromatic rings. The Balaban J connectivity index is 1.49. The van der Waals surface area contributed by atoms with E-state index in [2.05, 4.69) is 15.3 Å². The molecule has 0 saturated carbocycles. The molecule has 1 saturated heterocycles. The van der Waals surface area contributed by atoms with Crippen molar-refractivity contribution in [3.8, 4) is 11.5 Å². The smallest absolute Gasteiger partial charge is 0.272 e. The van der Waals surface area contributed by atoms with E-state index in [9.17, 15) is 13.2 Å². The maximum Gasteiger partial charge on any atom is 0.272 e. The van der Waals surface area contributed by atoms with Crippen molar-refractivity contribution in [3.05, 3.63) is 36.3 Å². The van der Waals surface area contributed by atoms with Gasteiger partial charge >= 0.3 is 0 Å². The van der Waals surface area contributed by atoms with Crippen molar-refractivity contribution in [2.45, 2.75) is 12.5 Å². The molecule has 1 fully saturated rings. The number of aromatic nitrogens is 2. The van der Waals surface area contributed by atoms with E-state index in [0.717, 1.165) is 5.69 Å². The first-order valence-corrected chi connectivity index (χ1v) is 10.2. The molecular formula is C17H18N4O5S. The Hall–Kier alpha value is -2.88. The summed E-state index contributed by atoms with van der Waals surface area (Å²) >= 11 is 0. The molecule has 0 aliphatic carbocycles. The number of hydrogen-bond donors (Lipinski definition) is 1. The van der Waals surface area contributed by atoms with Crippen LogP contribution in [-0.2, 0) is 9.84 Å². The van der Waals surface area contributed by atoms with E-state index >= 15 is 0 Å². The summed E-state index contributed by atoms with van der Waals surface area (Å²) in [6.45, 7) is 0.189. The molecule has 10 heteroatoms. The zero-order valence-electron chi connectivity index (χ0n) is 14.6. The standard InChI is InChI=1S/C17H18N4O5S/c1-21(12-4-5-27(23,24)8-12)17(22)13-7-16(19-9-18-13)20-11-2-3-14-15(6-11)26-10-25-14/h2-3,6-7,9,12H,4-5,8,10H2,1H3,(H,18,19,20). The molecule has 1 N–H and O–H groups in total. The zero-order chi connectivity index (χ0) is 19.0. The van der Waals surface area contributed by atoms with Crippen LogP contribution < -0.4 is 14.8 Å². The van der Waals surface area contributed by atoms with Crippen LogP contribution in [0.5, 0.6) is 11.5 Å². The summed E-state index contributed by atoms with van der Waals surface area (Å²) in [6.07, 6.45) is 1.74. The van der Waals surface area contributed by atoms with E-state index < -0.39 is 9.84 Å². The van der Waals surface area contributed by atoms with Crippen LogP contribution in [0.15, 0.2) is 30.6 Å². The van der Waals surface area contributed by atoms with Crippen molar-refractivity contribution < 1.29 is 22.7 Å². The predicted octanol–water partition coefficient (Wildman–Crippen LogP) is 1.21. The van der Waals surface area contributed by atoms with Gasteiger partial charge in [0.15, 0.2) is 21.3 Å². The van der Waals surface area contributed by atoms with Crippen LogP contribution >= 0.6 is 0 Å². The van der Waals surface area contributed by atoms with Gasteiger partial charge in [0.1, 0.15) is 17.8 Å². The number of nitrogens with zero attached hydrogens (tertiary/aromatic N) is 3. The SMILES string of the molecule is CN(C(=O)c1cc(Nc2ccc3c(c2)OCO3)ncn1)C1CCS(=O)(=O)C1. The minimum atomic E-state index is -3.07. The fraction of sp³-hybridized carbons (Fsp3) is 0.353. The number of benzene rings is 1. The lowest BCUT2D eigenvalue weighted by Crippen LogP contribution is -2.38. The topological polar surface area (TPSA) is 111 Å². The van der Waals surface area contributed by atoms with Gasteiger partial charge in [-0.15, -0.1) is 0 Å². The molecule has 9 nitrogen and oxygen atoms in total. The molecule has 1 aromatic heterocycles. The molecule has 1 amide bonds. The Morgan fingerprint density at radius 3 is 2.81 bits per heavy atom. The number of ether oxygens (including phenoxy) is 2. The average molecular weight is 390 g/mol. The first kappa shape index (κ1) is 17.5. The maximum absolute atomic E-state index is 12.7. The second kappa shape index (κ2) is 6.69. The minimum absolute atomic E-state index is 0.0113. The molecule has 4 rings (SSSR count). The van der Waals surface area contributed by atoms with Gasteiger partial charge in [-0.1, -0.05) is 0 Å². The molecule has 1 atom stereocenters. The van der Waals surface area contributed by atoms with Crippen molar-refractivity contribution in [3.63, 3.8) is 0 Å². The molecule has 1 unspecified atom stereocenters. The highest BCUT2D eigenvalue weighted by atomic mass is 32.2. The lowest BCUT2D eigenvalue weighted by molar-refractivity contribution is 0.0741. The van der Waals surface area contributed by atoms with Crippen molar-refractivity contribution in [2.24, 2.45) is 0 Å². The van der Waals surface area contributed by atoms with E-state index in [1.54, 1.807) is 19.2 Å². The van der Waals surface area contributed by atoms with Crippen LogP contribution in [0.1, 0.15) is 16.9 Å². The highest BCUT2D eigenvalue weighted by Crippen LogP contribution is 2.34. The number of anilines is 2. The van der Waals surface area contributed by atoms with Gasteiger partial charge in [0.05, 0.1) is 11.5 Å². The molecule has 3 heterocycles. The van der Waals surface area contributed by atoms with Gasteiger partial charge in [-0.25, -0.2) is 18.4 Å². The van der Waals surface area contributed by atoms with Crippen molar-refractivity contribution in [2.75, 3.05) is 30.7 Å². The molecule has 0 radical (unpaired) electrons. The number of sulfone groups is 1. The third kappa shape index (κ3) is 3.65. The summed E-state index contributed by atoms with van der Waals surface area (Å²) in [5.41, 5.74) is 0.923. The Kier molecular flexibility index (Phi) is 4.34. The lowest BCUT2D eigenvalue weighted by atomic mass is 10.2. The number of rotatable bonds is 4. The molecule has 2 aliphatic rings. The van der Waals surface area contributed by atoms with Crippen LogP contribution in [0, 0.1) is 0 Å². The van der Waals surface area contributed by atoms with E-state index in [1.807, 2.05) is 6.07 Å². The molecule has 2 aliphatic heterocycles. The van der Waals surface area contributed by atoms with Gasteiger partial charge < -0.3 is 19.7 Å². The van der Waals surface area contributed by atoms with Gasteiger partial charge in [-0.05, 0) is 18.6 Å². The van der Waals surface area contributed by atoms with E-state index in [1.165, 1.54) is 17.3 Å². The Morgan fingerprint density at radius 2 is 2.04 bits per heavy atom. The van der Waals surface area contributed by atoms with Crippen LogP contribution in [0.25, 0.3) is 0 Å². The first-order chi connectivity index (χ1) is 12.9. The third-order valence-corrected chi connectivity index (χ3v) is 6.36. The van der Waals surface area contributed by atoms with Crippen molar-refractivity contribution in [1.29, 1.82) is 0 Å². The molecule has 1 aromatic carbocycles. The zero-order valence-corrected chi connectivity index (χ0v) is 15.4. The molecule has 27 heavy (non-hydrogen) atoms. The van der Waals surface area contributed by atoms with Crippen molar-refractivity contribution >= 4 is 27.2 Å². The normalized spacial score (nSPS) is 19.7. The molecule has 0 bridgehead atoms. The third-order valence-electron chi connectivity index (χ3n) is 4.61. The first-order valence-electron chi connectivity index (χ1n) is 8.37. The number of hydrogen-bond acceptors (Lipinski definition) is 8. The summed E-state index contributed by atoms with van der Waals surface area (Å²) in [6, 6.07) is 6.58. The fourth-order valence-electron chi connectivity index (χ4n) is 3.09. The van der Waals surface area contributed by atoms with Gasteiger partial charge in [0, 0.05) is 30.9 Å². The molecular weight excluding hydrogens is 372 g/mol. The van der Waals surface area contributed by atoms with Crippen LogP contribution in [-0.4, -0.2) is 60.6 Å². The summed E-state index contributed by atoms with van der Waals surface area (Å²) in [5.74, 6) is 1.51. The fourth-order valence-corrected chi connectivity index (χ4v) is 4.87. The second-order valence-electron chi connectivity index (χ2n) is 6.45. The lowest BCUT2D eigenvalue weighted by Gasteiger charge is -2.23. The molecule has 0 spiro atoms. The van der Waals surface area contributed by atoms with Crippen LogP contribution in [0.2, 0.25) is 0 Å². The highest BCUT2D eigenvalue weighted by molar-refractivity contribution is 7.91. The van der Waals surface area contributed by atoms with E-state index in [4.69, 9.17) is 9.47 Å². The second-order valence-corrected chi connectivity index (χ2v) is 8.68. The van der Waals surface area contributed by atoms with Gasteiger partial charge in [0.25, 0.3) is 5.91 Å². The number of carbonyl (C=O) groups excluding carboxylic acids is 1. The molecule has 142 valence electrons. The number of carbonyl (C=O) groups is 1. The number of amides is 1. The van der Waals surface area contributed by atoms with Crippen molar-refractivity contribution in [1.82, 2.24) is 14.9 Å². The van der Waals surface area contributed by atoms with E-state index in [0.29, 0.717) is 23.7 Å². The summed E-state index contributed by atoms with van der Waals surface area (Å²) < 4.78 is 33.9. The Morgan fingerprint density at radius 1 is 1.22 bits per heavy atom. The van der Waals surface area contributed by atoms with Gasteiger partial charge in [-0.2, -0.15) is 0 Å². The highest BCUT2D eigenvalue weighted by Gasteiger charge is 2.33. The minimum Gasteiger partial charge on any atom is -0.454 e. The maximum atomic E-state index is 12.7. The summed E-state index contributed by atoms with van der Waals surface area (Å²) in [5, 5.41) is 3.10. The number of nitrogens with one attached hydrogen (secondary N) is 1.